The van der Waals surface area contributed by atoms with Crippen LogP contribution in [-0.2, 0) is 4.74 Å². The Bertz CT molecular complexity index is 458. The summed E-state index contributed by atoms with van der Waals surface area (Å²) in [7, 11) is 0. The first-order chi connectivity index (χ1) is 8.50. The number of thiol groups is 1. The molecule has 18 heavy (non-hydrogen) atoms. The van der Waals surface area contributed by atoms with Gasteiger partial charge < -0.3 is 10.1 Å². The molecule has 1 aliphatic rings. The largest absolute Gasteiger partial charge is 0.373 e. The molecule has 0 aromatic heterocycles. The summed E-state index contributed by atoms with van der Waals surface area (Å²) in [5, 5.41) is 2.92. The first-order valence-electron chi connectivity index (χ1n) is 5.91. The van der Waals surface area contributed by atoms with Gasteiger partial charge in [-0.15, -0.1) is 12.6 Å². The van der Waals surface area contributed by atoms with Crippen LogP contribution in [-0.4, -0.2) is 24.7 Å². The van der Waals surface area contributed by atoms with Crippen LogP contribution in [0.2, 0.25) is 0 Å². The molecule has 5 heteroatoms. The second kappa shape index (κ2) is 5.63. The minimum atomic E-state index is -0.222. The van der Waals surface area contributed by atoms with Crippen molar-refractivity contribution in [1.82, 2.24) is 5.32 Å². The second-order valence-electron chi connectivity index (χ2n) is 4.75. The quantitative estimate of drug-likeness (QED) is 0.836. The van der Waals surface area contributed by atoms with Gasteiger partial charge in [0.1, 0.15) is 0 Å². The molecule has 0 radical (unpaired) electrons. The lowest BCUT2D eigenvalue weighted by atomic mass is 10.0. The Labute approximate surface area is 121 Å². The average molecular weight is 330 g/mol. The fourth-order valence-electron chi connectivity index (χ4n) is 2.03. The Morgan fingerprint density at radius 1 is 1.61 bits per heavy atom. The van der Waals surface area contributed by atoms with Crippen molar-refractivity contribution in [1.29, 1.82) is 0 Å². The van der Waals surface area contributed by atoms with Crippen LogP contribution >= 0.6 is 28.6 Å². The van der Waals surface area contributed by atoms with Crippen molar-refractivity contribution in [2.75, 3.05) is 13.2 Å². The van der Waals surface area contributed by atoms with Crippen LogP contribution in [0.25, 0.3) is 0 Å². The number of benzene rings is 1. The molecule has 0 spiro atoms. The molecule has 1 heterocycles. The summed E-state index contributed by atoms with van der Waals surface area (Å²) in [5.41, 5.74) is 0.379. The van der Waals surface area contributed by atoms with Gasteiger partial charge in [0.05, 0.1) is 11.2 Å². The molecule has 1 fully saturated rings. The van der Waals surface area contributed by atoms with Crippen LogP contribution in [0.15, 0.2) is 27.6 Å². The first-order valence-corrected chi connectivity index (χ1v) is 7.15. The molecule has 1 amide bonds. The van der Waals surface area contributed by atoms with Gasteiger partial charge in [-0.25, -0.2) is 0 Å². The minimum Gasteiger partial charge on any atom is -0.373 e. The lowest BCUT2D eigenvalue weighted by Crippen LogP contribution is -2.40. The standard InChI is InChI=1S/C13H16BrNO2S/c1-13(5-2-6-17-13)8-15-12(16)10-7-9(18)3-4-11(10)14/h3-4,7,18H,2,5-6,8H2,1H3,(H,15,16). The summed E-state index contributed by atoms with van der Waals surface area (Å²) in [6.07, 6.45) is 2.04. The van der Waals surface area contributed by atoms with Crippen molar-refractivity contribution in [2.24, 2.45) is 0 Å². The predicted octanol–water partition coefficient (Wildman–Crippen LogP) is 3.04. The Morgan fingerprint density at radius 2 is 2.39 bits per heavy atom. The summed E-state index contributed by atoms with van der Waals surface area (Å²) in [6.45, 7) is 3.35. The number of hydrogen-bond acceptors (Lipinski definition) is 3. The number of carbonyl (C=O) groups is 1. The third-order valence-electron chi connectivity index (χ3n) is 3.12. The monoisotopic (exact) mass is 329 g/mol. The average Bonchev–Trinajstić information content (AvgIpc) is 2.77. The number of rotatable bonds is 3. The van der Waals surface area contributed by atoms with Crippen molar-refractivity contribution in [3.8, 4) is 0 Å². The zero-order chi connectivity index (χ0) is 13.2. The molecule has 3 nitrogen and oxygen atoms in total. The van der Waals surface area contributed by atoms with Crippen LogP contribution in [0.3, 0.4) is 0 Å². The van der Waals surface area contributed by atoms with Crippen LogP contribution < -0.4 is 5.32 Å². The minimum absolute atomic E-state index is 0.102. The van der Waals surface area contributed by atoms with Crippen LogP contribution in [0.5, 0.6) is 0 Å². The van der Waals surface area contributed by atoms with E-state index in [-0.39, 0.29) is 11.5 Å². The maximum atomic E-state index is 12.1. The van der Waals surface area contributed by atoms with Gasteiger partial charge in [-0.05, 0) is 53.9 Å². The smallest absolute Gasteiger partial charge is 0.252 e. The number of hydrogen-bond donors (Lipinski definition) is 2. The molecule has 0 bridgehead atoms. The third-order valence-corrected chi connectivity index (χ3v) is 4.09. The zero-order valence-corrected chi connectivity index (χ0v) is 12.7. The van der Waals surface area contributed by atoms with E-state index in [4.69, 9.17) is 4.74 Å². The number of halogens is 1. The summed E-state index contributed by atoms with van der Waals surface area (Å²) >= 11 is 7.61. The van der Waals surface area contributed by atoms with E-state index >= 15 is 0 Å². The van der Waals surface area contributed by atoms with E-state index in [0.29, 0.717) is 12.1 Å². The van der Waals surface area contributed by atoms with E-state index in [9.17, 15) is 4.79 Å². The van der Waals surface area contributed by atoms with Gasteiger partial charge in [0, 0.05) is 22.5 Å². The van der Waals surface area contributed by atoms with Crippen LogP contribution in [0.4, 0.5) is 0 Å². The van der Waals surface area contributed by atoms with Gasteiger partial charge >= 0.3 is 0 Å². The Morgan fingerprint density at radius 3 is 3.06 bits per heavy atom. The highest BCUT2D eigenvalue weighted by Crippen LogP contribution is 2.25. The Balaban J connectivity index is 2.01. The Kier molecular flexibility index (Phi) is 4.35. The summed E-state index contributed by atoms with van der Waals surface area (Å²) in [6, 6.07) is 5.41. The van der Waals surface area contributed by atoms with Crippen molar-refractivity contribution in [3.05, 3.63) is 28.2 Å². The van der Waals surface area contributed by atoms with Crippen LogP contribution in [0.1, 0.15) is 30.1 Å². The van der Waals surface area contributed by atoms with E-state index in [1.165, 1.54) is 0 Å². The van der Waals surface area contributed by atoms with Crippen molar-refractivity contribution in [2.45, 2.75) is 30.3 Å². The van der Waals surface area contributed by atoms with Crippen molar-refractivity contribution in [3.63, 3.8) is 0 Å². The normalized spacial score (nSPS) is 23.1. The van der Waals surface area contributed by atoms with Gasteiger partial charge in [-0.2, -0.15) is 0 Å². The summed E-state index contributed by atoms with van der Waals surface area (Å²) < 4.78 is 6.41. The second-order valence-corrected chi connectivity index (χ2v) is 6.12. The molecule has 2 rings (SSSR count). The van der Waals surface area contributed by atoms with E-state index in [0.717, 1.165) is 28.8 Å². The molecule has 0 saturated carbocycles. The molecule has 1 aromatic carbocycles. The van der Waals surface area contributed by atoms with Crippen molar-refractivity contribution < 1.29 is 9.53 Å². The third kappa shape index (κ3) is 3.28. The van der Waals surface area contributed by atoms with Gasteiger partial charge in [-0.1, -0.05) is 0 Å². The number of nitrogens with one attached hydrogen (secondary N) is 1. The molecule has 1 atom stereocenters. The highest BCUT2D eigenvalue weighted by molar-refractivity contribution is 9.10. The van der Waals surface area contributed by atoms with Gasteiger partial charge in [0.15, 0.2) is 0 Å². The van der Waals surface area contributed by atoms with Gasteiger partial charge in [-0.3, -0.25) is 4.79 Å². The molecule has 1 aromatic rings. The molecule has 1 aliphatic heterocycles. The molecule has 1 unspecified atom stereocenters. The maximum Gasteiger partial charge on any atom is 0.252 e. The van der Waals surface area contributed by atoms with E-state index in [2.05, 4.69) is 33.9 Å². The van der Waals surface area contributed by atoms with Crippen LogP contribution in [0, 0.1) is 0 Å². The van der Waals surface area contributed by atoms with Crippen molar-refractivity contribution >= 4 is 34.5 Å². The molecule has 1 N–H and O–H groups in total. The maximum absolute atomic E-state index is 12.1. The first kappa shape index (κ1) is 13.9. The highest BCUT2D eigenvalue weighted by Gasteiger charge is 2.30. The molecular weight excluding hydrogens is 314 g/mol. The lowest BCUT2D eigenvalue weighted by Gasteiger charge is -2.23. The van der Waals surface area contributed by atoms with E-state index < -0.39 is 0 Å². The number of carbonyl (C=O) groups excluding carboxylic acids is 1. The SMILES string of the molecule is CC1(CNC(=O)c2cc(S)ccc2Br)CCCO1. The summed E-state index contributed by atoms with van der Waals surface area (Å²) in [4.78, 5) is 12.9. The zero-order valence-electron chi connectivity index (χ0n) is 10.2. The fraction of sp³-hybridized carbons (Fsp3) is 0.462. The van der Waals surface area contributed by atoms with E-state index in [1.807, 2.05) is 19.1 Å². The molecular formula is C13H16BrNO2S. The van der Waals surface area contributed by atoms with Gasteiger partial charge in [0.25, 0.3) is 5.91 Å². The fourth-order valence-corrected chi connectivity index (χ4v) is 2.66. The number of ether oxygens (including phenoxy) is 1. The van der Waals surface area contributed by atoms with E-state index in [1.54, 1.807) is 6.07 Å². The molecule has 0 aliphatic carbocycles. The Hall–Kier alpha value is -0.520. The molecule has 98 valence electrons. The lowest BCUT2D eigenvalue weighted by molar-refractivity contribution is 0.0206. The predicted molar refractivity (Wildman–Crippen MR) is 77.3 cm³/mol. The summed E-state index contributed by atoms with van der Waals surface area (Å²) in [5.74, 6) is -0.102. The molecule has 1 saturated heterocycles. The van der Waals surface area contributed by atoms with Gasteiger partial charge in [0.2, 0.25) is 0 Å². The highest BCUT2D eigenvalue weighted by atomic mass is 79.9. The number of amides is 1. The topological polar surface area (TPSA) is 38.3 Å².